The molecule has 0 saturated heterocycles. The van der Waals surface area contributed by atoms with Gasteiger partial charge in [-0.25, -0.2) is 0 Å². The number of rotatable bonds is 3. The van der Waals surface area contributed by atoms with Gasteiger partial charge in [0.25, 0.3) is 0 Å². The molecule has 1 N–H and O–H groups in total. The van der Waals surface area contributed by atoms with Crippen molar-refractivity contribution in [2.75, 3.05) is 0 Å². The van der Waals surface area contributed by atoms with Gasteiger partial charge in [-0.1, -0.05) is 21.1 Å². The minimum absolute atomic E-state index is 0.224. The van der Waals surface area contributed by atoms with E-state index in [1.807, 2.05) is 0 Å². The lowest BCUT2D eigenvalue weighted by atomic mass is 10.1. The van der Waals surface area contributed by atoms with Crippen molar-refractivity contribution in [1.29, 1.82) is 0 Å². The Morgan fingerprint density at radius 2 is 1.95 bits per heavy atom. The minimum atomic E-state index is -4.65. The van der Waals surface area contributed by atoms with Crippen molar-refractivity contribution < 1.29 is 22.2 Å². The van der Waals surface area contributed by atoms with Crippen molar-refractivity contribution in [3.8, 4) is 0 Å². The third-order valence-corrected chi connectivity index (χ3v) is 4.90. The molecule has 4 nitrogen and oxygen atoms in total. The summed E-state index contributed by atoms with van der Waals surface area (Å²) in [7, 11) is 0. The van der Waals surface area contributed by atoms with Crippen LogP contribution in [0.15, 0.2) is 27.2 Å². The Balaban J connectivity index is 2.45. The molecule has 0 aliphatic heterocycles. The zero-order chi connectivity index (χ0) is 16.7. The number of nitrogens with one attached hydrogen (secondary N) is 1. The summed E-state index contributed by atoms with van der Waals surface area (Å²) in [5, 5.41) is 3.75. The van der Waals surface area contributed by atoms with Gasteiger partial charge in [0.05, 0.1) is 0 Å². The van der Waals surface area contributed by atoms with Gasteiger partial charge >= 0.3 is 6.18 Å². The van der Waals surface area contributed by atoms with E-state index in [1.54, 1.807) is 26.8 Å². The first kappa shape index (κ1) is 17.6. The third-order valence-electron chi connectivity index (χ3n) is 2.84. The van der Waals surface area contributed by atoms with Crippen LogP contribution in [0, 0.1) is 0 Å². The molecular weight excluding hydrogens is 385 g/mol. The van der Waals surface area contributed by atoms with Crippen molar-refractivity contribution in [3.63, 3.8) is 0 Å². The van der Waals surface area contributed by atoms with Gasteiger partial charge < -0.3 is 9.08 Å². The highest BCUT2D eigenvalue weighted by Gasteiger charge is 2.48. The molecule has 0 aliphatic rings. The van der Waals surface area contributed by atoms with E-state index in [4.69, 9.17) is 4.52 Å². The summed E-state index contributed by atoms with van der Waals surface area (Å²) in [5.74, 6) is 0. The molecule has 2 rings (SSSR count). The predicted molar refractivity (Wildman–Crippen MR) is 81.5 cm³/mol. The number of halogens is 4. The number of fused-ring (bicyclic) bond motifs is 1. The van der Waals surface area contributed by atoms with Crippen LogP contribution >= 0.6 is 15.9 Å². The van der Waals surface area contributed by atoms with Crippen molar-refractivity contribution >= 4 is 38.3 Å². The number of hydrogen-bond acceptors (Lipinski definition) is 4. The van der Waals surface area contributed by atoms with Crippen molar-refractivity contribution in [1.82, 2.24) is 9.88 Å². The fourth-order valence-electron chi connectivity index (χ4n) is 1.70. The highest BCUT2D eigenvalue weighted by atomic mass is 79.9. The molecule has 122 valence electrons. The maximum Gasteiger partial charge on any atom is 0.413 e. The fourth-order valence-corrected chi connectivity index (χ4v) is 2.85. The number of hydrogen-bond donors (Lipinski definition) is 1. The molecule has 0 radical (unpaired) electrons. The van der Waals surface area contributed by atoms with Crippen LogP contribution in [-0.4, -0.2) is 20.6 Å². The Labute approximate surface area is 136 Å². The van der Waals surface area contributed by atoms with E-state index in [-0.39, 0.29) is 16.7 Å². The summed E-state index contributed by atoms with van der Waals surface area (Å²) in [6.07, 6.45) is -4.65. The Morgan fingerprint density at radius 3 is 2.50 bits per heavy atom. The van der Waals surface area contributed by atoms with Gasteiger partial charge in [-0.3, -0.25) is 0 Å². The van der Waals surface area contributed by atoms with E-state index < -0.39 is 28.3 Å². The smallest absolute Gasteiger partial charge is 0.413 e. The van der Waals surface area contributed by atoms with Gasteiger partial charge in [0.2, 0.25) is 0 Å². The van der Waals surface area contributed by atoms with Crippen LogP contribution in [0.1, 0.15) is 32.5 Å². The summed E-state index contributed by atoms with van der Waals surface area (Å²) in [4.78, 5) is 0. The monoisotopic (exact) mass is 398 g/mol. The highest BCUT2D eigenvalue weighted by molar-refractivity contribution is 9.10. The van der Waals surface area contributed by atoms with Gasteiger partial charge in [-0.2, -0.15) is 13.2 Å². The van der Waals surface area contributed by atoms with Crippen LogP contribution in [0.5, 0.6) is 0 Å². The fraction of sp³-hybridized carbons (Fsp3) is 0.462. The molecule has 0 amide bonds. The Morgan fingerprint density at radius 1 is 1.32 bits per heavy atom. The Hall–Kier alpha value is -0.770. The molecule has 2 atom stereocenters. The van der Waals surface area contributed by atoms with E-state index in [2.05, 4.69) is 25.8 Å². The molecular formula is C13H14BrF3N2O2S. The summed E-state index contributed by atoms with van der Waals surface area (Å²) in [6.45, 7) is 4.75. The lowest BCUT2D eigenvalue weighted by Crippen LogP contribution is -2.45. The Kier molecular flexibility index (Phi) is 4.82. The zero-order valence-electron chi connectivity index (χ0n) is 12.0. The van der Waals surface area contributed by atoms with Gasteiger partial charge in [0.1, 0.15) is 10.4 Å². The number of aromatic nitrogens is 1. The molecule has 1 aromatic carbocycles. The molecule has 0 saturated carbocycles. The first-order chi connectivity index (χ1) is 10.00. The van der Waals surface area contributed by atoms with Crippen molar-refractivity contribution in [2.45, 2.75) is 37.7 Å². The molecule has 0 bridgehead atoms. The van der Waals surface area contributed by atoms with Gasteiger partial charge in [0.15, 0.2) is 11.6 Å². The Bertz CT molecular complexity index is 669. The van der Waals surface area contributed by atoms with E-state index in [0.29, 0.717) is 4.47 Å². The largest absolute Gasteiger partial charge is 0.598 e. The van der Waals surface area contributed by atoms with Crippen LogP contribution in [0.3, 0.4) is 0 Å². The number of nitrogens with zero attached hydrogens (tertiary/aromatic N) is 1. The molecule has 9 heteroatoms. The van der Waals surface area contributed by atoms with Crippen LogP contribution in [0.2, 0.25) is 0 Å². The molecule has 22 heavy (non-hydrogen) atoms. The lowest BCUT2D eigenvalue weighted by molar-refractivity contribution is -0.154. The standard InChI is InChI=1S/C13H14BrF3N2O2S/c1-12(2,3)22(20)19-11(13(15,16)17)10-8-5-4-7(14)6-9(8)21-18-10/h4-6,11,19H,1-3H3. The van der Waals surface area contributed by atoms with E-state index in [1.165, 1.54) is 12.1 Å². The van der Waals surface area contributed by atoms with Crippen LogP contribution < -0.4 is 4.72 Å². The molecule has 1 aromatic heterocycles. The molecule has 1 heterocycles. The molecule has 2 unspecified atom stereocenters. The minimum Gasteiger partial charge on any atom is -0.598 e. The summed E-state index contributed by atoms with van der Waals surface area (Å²) in [6, 6.07) is 2.43. The molecule has 0 spiro atoms. The van der Waals surface area contributed by atoms with Crippen LogP contribution in [-0.2, 0) is 11.4 Å². The van der Waals surface area contributed by atoms with Crippen molar-refractivity contribution in [3.05, 3.63) is 28.4 Å². The van der Waals surface area contributed by atoms with E-state index in [0.717, 1.165) is 0 Å². The average Bonchev–Trinajstić information content (AvgIpc) is 2.75. The molecule has 2 aromatic rings. The average molecular weight is 399 g/mol. The SMILES string of the molecule is CC(C)(C)[S+]([O-])NC(c1noc2cc(Br)ccc12)C(F)(F)F. The van der Waals surface area contributed by atoms with E-state index >= 15 is 0 Å². The predicted octanol–water partition coefficient (Wildman–Crippen LogP) is 4.25. The normalized spacial score (nSPS) is 16.0. The van der Waals surface area contributed by atoms with Crippen LogP contribution in [0.4, 0.5) is 13.2 Å². The number of benzene rings is 1. The van der Waals surface area contributed by atoms with Crippen LogP contribution in [0.25, 0.3) is 11.0 Å². The first-order valence-corrected chi connectivity index (χ1v) is 8.24. The second-order valence-corrected chi connectivity index (χ2v) is 8.60. The highest BCUT2D eigenvalue weighted by Crippen LogP contribution is 2.37. The third kappa shape index (κ3) is 3.76. The lowest BCUT2D eigenvalue weighted by Gasteiger charge is -2.28. The second kappa shape index (κ2) is 6.03. The quantitative estimate of drug-likeness (QED) is 0.785. The maximum absolute atomic E-state index is 13.4. The van der Waals surface area contributed by atoms with Gasteiger partial charge in [-0.05, 0) is 39.0 Å². The maximum atomic E-state index is 13.4. The summed E-state index contributed by atoms with van der Waals surface area (Å²) >= 11 is 1.30. The first-order valence-electron chi connectivity index (χ1n) is 6.30. The molecule has 0 aliphatic carbocycles. The summed E-state index contributed by atoms with van der Waals surface area (Å²) < 4.78 is 59.0. The van der Waals surface area contributed by atoms with Gasteiger partial charge in [-0.15, -0.1) is 4.72 Å². The van der Waals surface area contributed by atoms with Crippen molar-refractivity contribution in [2.24, 2.45) is 0 Å². The number of alkyl halides is 3. The van der Waals surface area contributed by atoms with E-state index in [9.17, 15) is 17.7 Å². The second-order valence-electron chi connectivity index (χ2n) is 5.68. The summed E-state index contributed by atoms with van der Waals surface area (Å²) in [5.41, 5.74) is -0.102. The van der Waals surface area contributed by atoms with Gasteiger partial charge in [0, 0.05) is 21.2 Å². The zero-order valence-corrected chi connectivity index (χ0v) is 14.4. The molecule has 0 fully saturated rings. The topological polar surface area (TPSA) is 61.1 Å².